The van der Waals surface area contributed by atoms with Crippen molar-refractivity contribution in [2.75, 3.05) is 6.54 Å². The monoisotopic (exact) mass is 243 g/mol. The Morgan fingerprint density at radius 1 is 1.12 bits per heavy atom. The van der Waals surface area contributed by atoms with E-state index in [1.165, 1.54) is 0 Å². The highest BCUT2D eigenvalue weighted by molar-refractivity contribution is 5.30. The van der Waals surface area contributed by atoms with Crippen molar-refractivity contribution in [3.05, 3.63) is 35.4 Å². The minimum atomic E-state index is -4.25. The van der Waals surface area contributed by atoms with Crippen LogP contribution in [0.4, 0.5) is 13.2 Å². The van der Waals surface area contributed by atoms with E-state index in [-0.39, 0.29) is 6.42 Å². The molecule has 1 aromatic rings. The van der Waals surface area contributed by atoms with Crippen LogP contribution in [-0.4, -0.2) is 12.7 Å². The summed E-state index contributed by atoms with van der Waals surface area (Å²) in [4.78, 5) is 0. The van der Waals surface area contributed by atoms with E-state index in [0.717, 1.165) is 12.0 Å². The van der Waals surface area contributed by atoms with Crippen molar-refractivity contribution >= 4 is 0 Å². The minimum Gasteiger partial charge on any atom is -0.300 e. The average molecular weight is 243 g/mol. The molecule has 1 N–H and O–H groups in total. The first-order valence-corrected chi connectivity index (χ1v) is 5.85. The van der Waals surface area contributed by atoms with Crippen molar-refractivity contribution in [2.24, 2.45) is 0 Å². The molecule has 2 rings (SSSR count). The number of hydrogen-bond donors (Lipinski definition) is 1. The summed E-state index contributed by atoms with van der Waals surface area (Å²) in [6.07, 6.45) is -2.70. The largest absolute Gasteiger partial charge is 0.410 e. The predicted octanol–water partition coefficient (Wildman–Crippen LogP) is 3.53. The van der Waals surface area contributed by atoms with Crippen LogP contribution < -0.4 is 5.32 Å². The number of nitrogens with one attached hydrogen (secondary N) is 1. The Bertz CT molecular complexity index is 375. The van der Waals surface area contributed by atoms with E-state index < -0.39 is 11.7 Å². The number of alkyl halides is 3. The first-order valence-electron chi connectivity index (χ1n) is 5.85. The van der Waals surface area contributed by atoms with Gasteiger partial charge < -0.3 is 0 Å². The average Bonchev–Trinajstić information content (AvgIpc) is 2.29. The molecule has 1 aliphatic rings. The lowest BCUT2D eigenvalue weighted by Gasteiger charge is -2.40. The third kappa shape index (κ3) is 2.18. The summed E-state index contributed by atoms with van der Waals surface area (Å²) in [6.45, 7) is 2.30. The third-order valence-corrected chi connectivity index (χ3v) is 3.43. The maximum Gasteiger partial charge on any atom is 0.410 e. The summed E-state index contributed by atoms with van der Waals surface area (Å²) in [6, 6.07) is 6.64. The highest BCUT2D eigenvalue weighted by Crippen LogP contribution is 2.44. The maximum absolute atomic E-state index is 13.3. The topological polar surface area (TPSA) is 12.0 Å². The standard InChI is InChI=1S/C13H16F3N/c1-10-4-6-11(7-5-10)12(13(14,15)16)8-2-3-9-17-12/h4-7,17H,2-3,8-9H2,1H3. The molecule has 0 aliphatic carbocycles. The van der Waals surface area contributed by atoms with Crippen molar-refractivity contribution < 1.29 is 13.2 Å². The summed E-state index contributed by atoms with van der Waals surface area (Å²) in [5, 5.41) is 2.68. The van der Waals surface area contributed by atoms with Gasteiger partial charge in [0, 0.05) is 0 Å². The lowest BCUT2D eigenvalue weighted by molar-refractivity contribution is -0.207. The summed E-state index contributed by atoms with van der Waals surface area (Å²) < 4.78 is 40.0. The Morgan fingerprint density at radius 2 is 1.76 bits per heavy atom. The molecule has 0 amide bonds. The Hall–Kier alpha value is -1.03. The van der Waals surface area contributed by atoms with Gasteiger partial charge in [-0.25, -0.2) is 0 Å². The lowest BCUT2D eigenvalue weighted by atomic mass is 9.81. The zero-order valence-corrected chi connectivity index (χ0v) is 9.77. The number of aryl methyl sites for hydroxylation is 1. The van der Waals surface area contributed by atoms with Gasteiger partial charge in [0.1, 0.15) is 5.54 Å². The van der Waals surface area contributed by atoms with Crippen molar-refractivity contribution in [1.82, 2.24) is 5.32 Å². The van der Waals surface area contributed by atoms with E-state index in [1.54, 1.807) is 24.3 Å². The van der Waals surface area contributed by atoms with E-state index in [4.69, 9.17) is 0 Å². The quantitative estimate of drug-likeness (QED) is 0.795. The highest BCUT2D eigenvalue weighted by Gasteiger charge is 2.55. The zero-order valence-electron chi connectivity index (χ0n) is 9.77. The first kappa shape index (κ1) is 12.4. The highest BCUT2D eigenvalue weighted by atomic mass is 19.4. The maximum atomic E-state index is 13.3. The number of halogens is 3. The molecular formula is C13H16F3N. The summed E-state index contributed by atoms with van der Waals surface area (Å²) in [5.74, 6) is 0. The second-order valence-electron chi connectivity index (χ2n) is 4.65. The Kier molecular flexibility index (Phi) is 3.17. The molecular weight excluding hydrogens is 227 g/mol. The molecule has 0 bridgehead atoms. The zero-order chi connectivity index (χ0) is 12.5. The molecule has 1 atom stereocenters. The van der Waals surface area contributed by atoms with Gasteiger partial charge in [-0.05, 0) is 38.3 Å². The van der Waals surface area contributed by atoms with Crippen molar-refractivity contribution in [3.8, 4) is 0 Å². The van der Waals surface area contributed by atoms with Gasteiger partial charge in [0.15, 0.2) is 0 Å². The van der Waals surface area contributed by atoms with Crippen molar-refractivity contribution in [3.63, 3.8) is 0 Å². The predicted molar refractivity (Wildman–Crippen MR) is 60.8 cm³/mol. The van der Waals surface area contributed by atoms with E-state index in [0.29, 0.717) is 18.5 Å². The van der Waals surface area contributed by atoms with Gasteiger partial charge in [-0.3, -0.25) is 5.32 Å². The number of piperidine rings is 1. The van der Waals surface area contributed by atoms with E-state index in [2.05, 4.69) is 5.32 Å². The summed E-state index contributed by atoms with van der Waals surface area (Å²) >= 11 is 0. The number of hydrogen-bond acceptors (Lipinski definition) is 1. The first-order chi connectivity index (χ1) is 7.96. The molecule has 1 saturated heterocycles. The summed E-state index contributed by atoms with van der Waals surface area (Å²) in [7, 11) is 0. The summed E-state index contributed by atoms with van der Waals surface area (Å²) in [5.41, 5.74) is -0.545. The molecule has 0 saturated carbocycles. The van der Waals surface area contributed by atoms with E-state index in [1.807, 2.05) is 6.92 Å². The number of rotatable bonds is 1. The van der Waals surface area contributed by atoms with Gasteiger partial charge in [0.05, 0.1) is 0 Å². The molecule has 4 heteroatoms. The van der Waals surface area contributed by atoms with Gasteiger partial charge in [0.25, 0.3) is 0 Å². The van der Waals surface area contributed by atoms with Gasteiger partial charge in [-0.2, -0.15) is 13.2 Å². The van der Waals surface area contributed by atoms with E-state index in [9.17, 15) is 13.2 Å². The second-order valence-corrected chi connectivity index (χ2v) is 4.65. The molecule has 17 heavy (non-hydrogen) atoms. The molecule has 1 aromatic carbocycles. The van der Waals surface area contributed by atoms with Gasteiger partial charge >= 0.3 is 6.18 Å². The van der Waals surface area contributed by atoms with Crippen LogP contribution in [0.3, 0.4) is 0 Å². The van der Waals surface area contributed by atoms with E-state index >= 15 is 0 Å². The van der Waals surface area contributed by atoms with Crippen LogP contribution in [0.25, 0.3) is 0 Å². The van der Waals surface area contributed by atoms with Crippen LogP contribution in [0.5, 0.6) is 0 Å². The molecule has 0 spiro atoms. The molecule has 0 radical (unpaired) electrons. The van der Waals surface area contributed by atoms with Gasteiger partial charge in [-0.15, -0.1) is 0 Å². The van der Waals surface area contributed by atoms with Gasteiger partial charge in [-0.1, -0.05) is 29.8 Å². The van der Waals surface area contributed by atoms with Gasteiger partial charge in [0.2, 0.25) is 0 Å². The van der Waals surface area contributed by atoms with Crippen molar-refractivity contribution in [1.29, 1.82) is 0 Å². The molecule has 1 nitrogen and oxygen atoms in total. The normalized spacial score (nSPS) is 25.9. The fourth-order valence-corrected chi connectivity index (χ4v) is 2.40. The Labute approximate surface area is 99.0 Å². The van der Waals surface area contributed by atoms with Crippen LogP contribution in [0, 0.1) is 6.92 Å². The fraction of sp³-hybridized carbons (Fsp3) is 0.538. The molecule has 94 valence electrons. The minimum absolute atomic E-state index is 0.125. The molecule has 1 unspecified atom stereocenters. The number of benzene rings is 1. The molecule has 1 aliphatic heterocycles. The van der Waals surface area contributed by atoms with Crippen LogP contribution in [0.15, 0.2) is 24.3 Å². The van der Waals surface area contributed by atoms with Crippen LogP contribution in [0.2, 0.25) is 0 Å². The molecule has 0 aromatic heterocycles. The Morgan fingerprint density at radius 3 is 2.24 bits per heavy atom. The second kappa shape index (κ2) is 4.33. The molecule has 1 fully saturated rings. The van der Waals surface area contributed by atoms with Crippen LogP contribution in [-0.2, 0) is 5.54 Å². The Balaban J connectivity index is 2.43. The smallest absolute Gasteiger partial charge is 0.300 e. The van der Waals surface area contributed by atoms with Crippen LogP contribution in [0.1, 0.15) is 30.4 Å². The molecule has 1 heterocycles. The van der Waals surface area contributed by atoms with Crippen molar-refractivity contribution in [2.45, 2.75) is 37.9 Å². The SMILES string of the molecule is Cc1ccc(C2(C(F)(F)F)CCCCN2)cc1. The fourth-order valence-electron chi connectivity index (χ4n) is 2.40. The third-order valence-electron chi connectivity index (χ3n) is 3.43. The van der Waals surface area contributed by atoms with Crippen LogP contribution >= 0.6 is 0 Å². The lowest BCUT2D eigenvalue weighted by Crippen LogP contribution is -2.56.